The fourth-order valence-corrected chi connectivity index (χ4v) is 4.27. The van der Waals surface area contributed by atoms with E-state index in [1.807, 2.05) is 37.3 Å². The Morgan fingerprint density at radius 1 is 0.933 bits per heavy atom. The highest BCUT2D eigenvalue weighted by Gasteiger charge is 2.51. The highest BCUT2D eigenvalue weighted by molar-refractivity contribution is 5.35. The van der Waals surface area contributed by atoms with Gasteiger partial charge in [-0.05, 0) is 56.0 Å². The molecule has 1 aliphatic rings. The second-order valence-electron chi connectivity index (χ2n) is 8.45. The van der Waals surface area contributed by atoms with Gasteiger partial charge in [0.1, 0.15) is 0 Å². The van der Waals surface area contributed by atoms with E-state index in [9.17, 15) is 26.3 Å². The number of hydrogen-bond acceptors (Lipinski definition) is 2. The van der Waals surface area contributed by atoms with Crippen molar-refractivity contribution in [2.24, 2.45) is 5.73 Å². The van der Waals surface area contributed by atoms with E-state index in [0.29, 0.717) is 25.0 Å². The summed E-state index contributed by atoms with van der Waals surface area (Å²) in [5.41, 5.74) is 3.48. The first kappa shape index (κ1) is 22.6. The molecule has 1 saturated carbocycles. The smallest absolute Gasteiger partial charge is 0.373 e. The van der Waals surface area contributed by atoms with Gasteiger partial charge in [0.15, 0.2) is 0 Å². The summed E-state index contributed by atoms with van der Waals surface area (Å²) < 4.78 is 84.6. The first-order chi connectivity index (χ1) is 13.7. The fraction of sp³-hybridized carbons (Fsp3) is 0.455. The Morgan fingerprint density at radius 2 is 1.43 bits per heavy atom. The van der Waals surface area contributed by atoms with Crippen molar-refractivity contribution >= 4 is 0 Å². The normalized spacial score (nSPS) is 25.6. The summed E-state index contributed by atoms with van der Waals surface area (Å²) in [6.45, 7) is 3.50. The van der Waals surface area contributed by atoms with Crippen LogP contribution in [0.4, 0.5) is 26.3 Å². The van der Waals surface area contributed by atoms with E-state index in [-0.39, 0.29) is 18.2 Å². The standard InChI is InChI=1S/C22H23F6NO/c1-14(15-8-17(21(23,24)25)10-18(9-15)22(26,27)28)30-13-20(11-19(2,29)12-20)16-6-4-3-5-7-16/h3-10,14H,11-13,29H2,1-2H3. The lowest BCUT2D eigenvalue weighted by Gasteiger charge is -2.53. The number of ether oxygens (including phenoxy) is 1. The number of hydrogen-bond donors (Lipinski definition) is 1. The third kappa shape index (κ3) is 4.81. The topological polar surface area (TPSA) is 35.2 Å². The van der Waals surface area contributed by atoms with Gasteiger partial charge < -0.3 is 10.5 Å². The first-order valence-corrected chi connectivity index (χ1v) is 9.47. The molecule has 1 fully saturated rings. The number of rotatable bonds is 5. The first-order valence-electron chi connectivity index (χ1n) is 9.47. The molecule has 1 unspecified atom stereocenters. The van der Waals surface area contributed by atoms with E-state index in [1.165, 1.54) is 6.92 Å². The molecule has 2 aromatic rings. The molecule has 164 valence electrons. The van der Waals surface area contributed by atoms with Crippen LogP contribution < -0.4 is 5.73 Å². The minimum Gasteiger partial charge on any atom is -0.373 e. The van der Waals surface area contributed by atoms with E-state index in [0.717, 1.165) is 5.56 Å². The van der Waals surface area contributed by atoms with Gasteiger partial charge in [-0.2, -0.15) is 26.3 Å². The van der Waals surface area contributed by atoms with E-state index < -0.39 is 40.5 Å². The fourth-order valence-electron chi connectivity index (χ4n) is 4.27. The summed E-state index contributed by atoms with van der Waals surface area (Å²) in [5, 5.41) is 0. The van der Waals surface area contributed by atoms with Crippen LogP contribution in [0.3, 0.4) is 0 Å². The lowest BCUT2D eigenvalue weighted by molar-refractivity contribution is -0.143. The maximum atomic E-state index is 13.1. The molecule has 8 heteroatoms. The molecule has 1 aliphatic carbocycles. The van der Waals surface area contributed by atoms with Crippen molar-refractivity contribution in [3.8, 4) is 0 Å². The van der Waals surface area contributed by atoms with Crippen LogP contribution in [0.1, 0.15) is 55.0 Å². The quantitative estimate of drug-likeness (QED) is 0.568. The summed E-state index contributed by atoms with van der Waals surface area (Å²) in [7, 11) is 0. The van der Waals surface area contributed by atoms with Gasteiger partial charge in [0.2, 0.25) is 0 Å². The molecule has 3 rings (SSSR count). The van der Waals surface area contributed by atoms with Gasteiger partial charge >= 0.3 is 12.4 Å². The predicted octanol–water partition coefficient (Wildman–Crippen LogP) is 6.25. The molecule has 0 aromatic heterocycles. The molecule has 30 heavy (non-hydrogen) atoms. The largest absolute Gasteiger partial charge is 0.416 e. The van der Waals surface area contributed by atoms with Crippen LogP contribution in [0.2, 0.25) is 0 Å². The second kappa shape index (κ2) is 7.57. The van der Waals surface area contributed by atoms with Crippen molar-refractivity contribution < 1.29 is 31.1 Å². The zero-order chi connectivity index (χ0) is 22.4. The Hall–Kier alpha value is -2.06. The molecule has 0 aliphatic heterocycles. The maximum absolute atomic E-state index is 13.1. The maximum Gasteiger partial charge on any atom is 0.416 e. The predicted molar refractivity (Wildman–Crippen MR) is 101 cm³/mol. The van der Waals surface area contributed by atoms with Gasteiger partial charge in [0.25, 0.3) is 0 Å². The molecule has 2 N–H and O–H groups in total. The van der Waals surface area contributed by atoms with E-state index >= 15 is 0 Å². The van der Waals surface area contributed by atoms with Crippen LogP contribution in [0, 0.1) is 0 Å². The second-order valence-corrected chi connectivity index (χ2v) is 8.45. The van der Waals surface area contributed by atoms with Crippen molar-refractivity contribution in [3.05, 3.63) is 70.8 Å². The molecular weight excluding hydrogens is 408 g/mol. The van der Waals surface area contributed by atoms with Gasteiger partial charge in [0, 0.05) is 11.0 Å². The van der Waals surface area contributed by atoms with Crippen molar-refractivity contribution in [3.63, 3.8) is 0 Å². The highest BCUT2D eigenvalue weighted by atomic mass is 19.4. The molecule has 0 radical (unpaired) electrons. The average Bonchev–Trinajstić information content (AvgIpc) is 2.63. The number of nitrogens with two attached hydrogens (primary N) is 1. The van der Waals surface area contributed by atoms with E-state index in [1.54, 1.807) is 0 Å². The van der Waals surface area contributed by atoms with Crippen molar-refractivity contribution in [1.82, 2.24) is 0 Å². The van der Waals surface area contributed by atoms with Crippen molar-refractivity contribution in [2.45, 2.75) is 56.1 Å². The number of benzene rings is 2. The number of halogens is 6. The molecule has 2 aromatic carbocycles. The van der Waals surface area contributed by atoms with Gasteiger partial charge in [-0.3, -0.25) is 0 Å². The summed E-state index contributed by atoms with van der Waals surface area (Å²) in [5.74, 6) is 0. The molecule has 0 bridgehead atoms. The van der Waals surface area contributed by atoms with Gasteiger partial charge in [-0.25, -0.2) is 0 Å². The lowest BCUT2D eigenvalue weighted by atomic mass is 9.56. The number of alkyl halides is 6. The third-order valence-electron chi connectivity index (χ3n) is 5.56. The molecule has 0 saturated heterocycles. The van der Waals surface area contributed by atoms with Crippen LogP contribution in [-0.2, 0) is 22.5 Å². The highest BCUT2D eigenvalue weighted by Crippen LogP contribution is 2.49. The Balaban J connectivity index is 1.85. The van der Waals surface area contributed by atoms with Crippen LogP contribution in [0.15, 0.2) is 48.5 Å². The average molecular weight is 431 g/mol. The minimum absolute atomic E-state index is 0.119. The van der Waals surface area contributed by atoms with Crippen molar-refractivity contribution in [1.29, 1.82) is 0 Å². The summed E-state index contributed by atoms with van der Waals surface area (Å²) in [6, 6.07) is 11.0. The van der Waals surface area contributed by atoms with Crippen LogP contribution >= 0.6 is 0 Å². The van der Waals surface area contributed by atoms with E-state index in [4.69, 9.17) is 10.5 Å². The van der Waals surface area contributed by atoms with Gasteiger partial charge in [0.05, 0.1) is 23.8 Å². The molecule has 2 nitrogen and oxygen atoms in total. The molecule has 0 amide bonds. The Labute approximate surface area is 171 Å². The Kier molecular flexibility index (Phi) is 5.71. The Bertz CT molecular complexity index is 848. The van der Waals surface area contributed by atoms with Crippen molar-refractivity contribution in [2.75, 3.05) is 6.61 Å². The monoisotopic (exact) mass is 431 g/mol. The molecular formula is C22H23F6NO. The van der Waals surface area contributed by atoms with Crippen LogP contribution in [0.5, 0.6) is 0 Å². The van der Waals surface area contributed by atoms with Gasteiger partial charge in [-0.15, -0.1) is 0 Å². The zero-order valence-electron chi connectivity index (χ0n) is 16.6. The van der Waals surface area contributed by atoms with Crippen LogP contribution in [0.25, 0.3) is 0 Å². The molecule has 0 heterocycles. The van der Waals surface area contributed by atoms with Gasteiger partial charge in [-0.1, -0.05) is 30.3 Å². The van der Waals surface area contributed by atoms with E-state index in [2.05, 4.69) is 0 Å². The molecule has 1 atom stereocenters. The zero-order valence-corrected chi connectivity index (χ0v) is 16.6. The SMILES string of the molecule is CC(OCC1(c2ccccc2)CC(C)(N)C1)c1cc(C(F)(F)F)cc(C(F)(F)F)c1. The Morgan fingerprint density at radius 3 is 1.87 bits per heavy atom. The lowest BCUT2D eigenvalue weighted by Crippen LogP contribution is -2.60. The van der Waals surface area contributed by atoms with Crippen LogP contribution in [-0.4, -0.2) is 12.1 Å². The summed E-state index contributed by atoms with van der Waals surface area (Å²) >= 11 is 0. The summed E-state index contributed by atoms with van der Waals surface area (Å²) in [4.78, 5) is 0. The summed E-state index contributed by atoms with van der Waals surface area (Å²) in [6.07, 6.45) is -9.54. The minimum atomic E-state index is -4.89. The third-order valence-corrected chi connectivity index (χ3v) is 5.56. The molecule has 0 spiro atoms.